The number of nitrogens with zero attached hydrogens (tertiary/aromatic N) is 5. The number of ketones is 5. The molecule has 0 aliphatic heterocycles. The number of pyridine rings is 5. The van der Waals surface area contributed by atoms with Gasteiger partial charge < -0.3 is 50.5 Å². The van der Waals surface area contributed by atoms with Crippen LogP contribution in [0.25, 0.3) is 110 Å². The van der Waals surface area contributed by atoms with Crippen LogP contribution in [0.4, 0.5) is 0 Å². The number of aromatic nitrogens is 5. The summed E-state index contributed by atoms with van der Waals surface area (Å²) < 4.78 is 0. The van der Waals surface area contributed by atoms with E-state index in [0.717, 1.165) is 61.9 Å². The zero-order valence-electron chi connectivity index (χ0n) is 78.5. The molecule has 0 amide bonds. The number of carbonyl (C=O) groups excluding carboxylic acids is 5. The van der Waals surface area contributed by atoms with Crippen LogP contribution in [0.3, 0.4) is 0 Å². The molecule has 5 N–H and O–H groups in total. The summed E-state index contributed by atoms with van der Waals surface area (Å²) in [6.45, 7) is 39.4. The zero-order chi connectivity index (χ0) is 93.7. The molecule has 15 nitrogen and oxygen atoms in total. The van der Waals surface area contributed by atoms with Crippen molar-refractivity contribution in [1.82, 2.24) is 24.9 Å². The molecule has 0 atom stereocenters. The normalized spacial score (nSPS) is 10.6. The molecule has 0 saturated heterocycles. The average molecular weight is 2650 g/mol. The van der Waals surface area contributed by atoms with Gasteiger partial charge in [0.1, 0.15) is 0 Å². The number of aryl methyl sites for hydroxylation is 11. The van der Waals surface area contributed by atoms with E-state index in [-0.39, 0.29) is 158 Å². The van der Waals surface area contributed by atoms with Gasteiger partial charge in [-0.25, -0.2) is 0 Å². The van der Waals surface area contributed by atoms with Crippen LogP contribution in [0, 0.1) is 113 Å². The van der Waals surface area contributed by atoms with Crippen LogP contribution < -0.4 is 0 Å². The Morgan fingerprint density at radius 1 is 0.258 bits per heavy atom. The van der Waals surface area contributed by atoms with Crippen LogP contribution in [-0.2, 0) is 124 Å². The molecule has 0 aliphatic rings. The summed E-state index contributed by atoms with van der Waals surface area (Å²) in [5, 5.41) is 54.1. The Morgan fingerprint density at radius 2 is 0.553 bits per heavy atom. The Balaban J connectivity index is 0.000000751. The molecular weight excluding hydrogens is 2540 g/mol. The van der Waals surface area contributed by atoms with Gasteiger partial charge in [-0.05, 0) is 214 Å². The van der Waals surface area contributed by atoms with Crippen molar-refractivity contribution in [2.45, 2.75) is 152 Å². The Kier molecular flexibility index (Phi) is 53.8. The molecule has 5 radical (unpaired) electrons. The molecule has 5 heterocycles. The molecule has 132 heavy (non-hydrogen) atoms. The third-order valence-electron chi connectivity index (χ3n) is 19.1. The van der Waals surface area contributed by atoms with E-state index in [1.165, 1.54) is 215 Å². The SMILES string of the molecule is CC(=O)C=C(C)O.CC(=O)C=C(C)O.CC(=O)C=C(C)O.CC(=O)C=C(C)O.CC(=O)C=C(C)O.Cc1[c-]c(-c2ncc(C)c3ccccc23)c(C)cc1.Cc1c[c-]c(-c2ncc(C)c3ccccc23)cc1.Cc1cc[c-]c(-c2ncc(C)c3ccccc23)c1.Cc1cc[c-]c(-c2ncc(C)c3ccccc23)c1C.Cc1ccc[c-]c1-c1ncc(C)c2ccccc12.[Ir].[Ir].[Ir].[Ir].[Ir]. The van der Waals surface area contributed by atoms with Crippen LogP contribution in [0.2, 0.25) is 0 Å². The van der Waals surface area contributed by atoms with Crippen molar-refractivity contribution in [2.24, 2.45) is 0 Å². The summed E-state index contributed by atoms with van der Waals surface area (Å²) in [7, 11) is 0. The molecule has 5 aromatic heterocycles. The second kappa shape index (κ2) is 59.8. The molecule has 0 saturated carbocycles. The molecule has 0 bridgehead atoms. The van der Waals surface area contributed by atoms with Crippen LogP contribution >= 0.6 is 0 Å². The summed E-state index contributed by atoms with van der Waals surface area (Å²) in [4.78, 5) is 73.2. The van der Waals surface area contributed by atoms with E-state index < -0.39 is 0 Å². The second-order valence-corrected chi connectivity index (χ2v) is 30.8. The molecule has 10 aromatic carbocycles. The fourth-order valence-electron chi connectivity index (χ4n) is 13.2. The van der Waals surface area contributed by atoms with E-state index >= 15 is 0 Å². The minimum Gasteiger partial charge on any atom is -0.512 e. The number of rotatable bonds is 10. The number of carbonyl (C=O) groups is 5. The first-order valence-corrected chi connectivity index (χ1v) is 41.3. The minimum atomic E-state index is -0.125. The summed E-state index contributed by atoms with van der Waals surface area (Å²) in [5.41, 5.74) is 25.1. The van der Waals surface area contributed by atoms with Crippen LogP contribution in [0.5, 0.6) is 0 Å². The van der Waals surface area contributed by atoms with E-state index in [0.29, 0.717) is 0 Å². The van der Waals surface area contributed by atoms with Crippen molar-refractivity contribution in [3.05, 3.63) is 387 Å². The van der Waals surface area contributed by atoms with Gasteiger partial charge in [0, 0.05) is 162 Å². The standard InChI is InChI=1S/2C18H16N.3C17H14N.5C5H8O2.5Ir/c1-12-7-6-10-16(14(12)3)18-17-9-5-4-8-15(17)13(2)11-19-18;1-12-8-9-13(2)17(10-12)18-16-7-5-4-6-15(16)14(3)11-19-18;1-12-6-5-7-14(10-12)17-16-9-4-3-8-15(16)13(2)11-18-17;1-12-7-3-4-9-15(12)17-16-10-6-5-8-14(16)13(2)11-18-17;1-12-7-9-14(10-8-12)17-16-6-4-3-5-15(16)13(2)11-18-17;5*1-4(6)3-5(2)7;;;;;/h2*4-9,11H,1-3H3;3-6,8-11H,1-2H3;3-8,10-11H,1-2H3;3-9,11H,1-2H3;5*3,6H,1-2H3;;;;;/q5*-1;;;;;;;;;;. The maximum Gasteiger partial charge on any atom is 0.155 e. The number of hydrogen-bond acceptors (Lipinski definition) is 15. The molecule has 697 valence electrons. The van der Waals surface area contributed by atoms with E-state index in [1.54, 1.807) is 0 Å². The van der Waals surface area contributed by atoms with Crippen molar-refractivity contribution in [1.29, 1.82) is 0 Å². The molecule has 0 spiro atoms. The fourth-order valence-corrected chi connectivity index (χ4v) is 13.2. The molecule has 20 heteroatoms. The number of hydrogen-bond donors (Lipinski definition) is 5. The first-order valence-electron chi connectivity index (χ1n) is 41.3. The Morgan fingerprint density at radius 3 is 0.864 bits per heavy atom. The van der Waals surface area contributed by atoms with Gasteiger partial charge in [0.2, 0.25) is 0 Å². The minimum absolute atomic E-state index is 0. The molecular formula is C112H114Ir5N5O10-5. The van der Waals surface area contributed by atoms with Crippen molar-refractivity contribution in [3.63, 3.8) is 0 Å². The van der Waals surface area contributed by atoms with Gasteiger partial charge in [-0.3, -0.25) is 24.0 Å². The molecule has 15 aromatic rings. The van der Waals surface area contributed by atoms with Gasteiger partial charge in [-0.1, -0.05) is 170 Å². The van der Waals surface area contributed by atoms with Crippen LogP contribution in [-0.4, -0.2) is 79.4 Å². The maximum atomic E-state index is 10.0. The van der Waals surface area contributed by atoms with Gasteiger partial charge >= 0.3 is 0 Å². The van der Waals surface area contributed by atoms with Gasteiger partial charge in [-0.15, -0.1) is 176 Å². The Labute approximate surface area is 846 Å². The number of aliphatic hydroxyl groups excluding tert-OH is 5. The summed E-state index contributed by atoms with van der Waals surface area (Å²) in [6.07, 6.45) is 15.6. The van der Waals surface area contributed by atoms with Gasteiger partial charge in [0.15, 0.2) is 28.9 Å². The predicted molar refractivity (Wildman–Crippen MR) is 522 cm³/mol. The van der Waals surface area contributed by atoms with Gasteiger partial charge in [0.05, 0.1) is 28.8 Å². The Hall–Kier alpha value is -11.5. The van der Waals surface area contributed by atoms with Crippen LogP contribution in [0.1, 0.15) is 136 Å². The molecule has 0 aliphatic carbocycles. The topological polar surface area (TPSA) is 251 Å². The van der Waals surface area contributed by atoms with Gasteiger partial charge in [-0.2, -0.15) is 0 Å². The van der Waals surface area contributed by atoms with Crippen molar-refractivity contribution >= 4 is 82.8 Å². The zero-order valence-corrected chi connectivity index (χ0v) is 90.5. The largest absolute Gasteiger partial charge is 0.512 e. The number of benzene rings is 10. The number of allylic oxidation sites excluding steroid dienone is 10. The fraction of sp³-hybridized carbons (Fsp3) is 0.196. The number of aliphatic hydroxyl groups is 5. The molecule has 0 fully saturated rings. The summed E-state index contributed by atoms with van der Waals surface area (Å²) in [5.74, 6) is -0.312. The van der Waals surface area contributed by atoms with Crippen molar-refractivity contribution in [2.75, 3.05) is 0 Å². The molecule has 0 unspecified atom stereocenters. The van der Waals surface area contributed by atoms with E-state index in [2.05, 4.69) is 308 Å². The van der Waals surface area contributed by atoms with E-state index in [4.69, 9.17) is 25.5 Å². The Bertz CT molecular complexity index is 6290. The summed E-state index contributed by atoms with van der Waals surface area (Å²) >= 11 is 0. The van der Waals surface area contributed by atoms with Crippen molar-refractivity contribution < 1.29 is 150 Å². The first-order chi connectivity index (χ1) is 60.3. The second-order valence-electron chi connectivity index (χ2n) is 30.8. The summed E-state index contributed by atoms with van der Waals surface area (Å²) in [6, 6.07) is 85.4. The van der Waals surface area contributed by atoms with Crippen LogP contribution in [0.15, 0.2) is 290 Å². The third kappa shape index (κ3) is 38.4. The first kappa shape index (κ1) is 119. The average Bonchev–Trinajstić information content (AvgIpc) is 0.809. The number of fused-ring (bicyclic) bond motifs is 5. The predicted octanol–water partition coefficient (Wildman–Crippen LogP) is 27.4. The van der Waals surface area contributed by atoms with Gasteiger partial charge in [0.25, 0.3) is 0 Å². The van der Waals surface area contributed by atoms with Crippen molar-refractivity contribution in [3.8, 4) is 56.3 Å². The third-order valence-corrected chi connectivity index (χ3v) is 19.1. The maximum absolute atomic E-state index is 10.0. The quantitative estimate of drug-likeness (QED) is 0.0485. The van der Waals surface area contributed by atoms with E-state index in [9.17, 15) is 24.0 Å². The smallest absolute Gasteiger partial charge is 0.155 e. The molecule has 15 rings (SSSR count). The monoisotopic (exact) mass is 2650 g/mol. The van der Waals surface area contributed by atoms with E-state index in [1.807, 2.05) is 61.3 Å².